The molecular formula is C14H25N3O4. The van der Waals surface area contributed by atoms with Crippen LogP contribution in [0.25, 0.3) is 0 Å². The molecule has 2 heterocycles. The minimum Gasteiger partial charge on any atom is -0.481 e. The number of carbonyl (C=O) groups is 2. The van der Waals surface area contributed by atoms with Crippen LogP contribution in [0.4, 0.5) is 4.79 Å². The molecule has 7 nitrogen and oxygen atoms in total. The molecule has 0 atom stereocenters. The molecule has 2 saturated heterocycles. The van der Waals surface area contributed by atoms with Crippen molar-refractivity contribution in [3.05, 3.63) is 0 Å². The van der Waals surface area contributed by atoms with Gasteiger partial charge in [0.2, 0.25) is 0 Å². The van der Waals surface area contributed by atoms with E-state index < -0.39 is 5.97 Å². The third kappa shape index (κ3) is 5.51. The van der Waals surface area contributed by atoms with Crippen molar-refractivity contribution in [2.24, 2.45) is 5.92 Å². The Bertz CT molecular complexity index is 350. The summed E-state index contributed by atoms with van der Waals surface area (Å²) in [6.07, 6.45) is 2.20. The first-order chi connectivity index (χ1) is 10.1. The Labute approximate surface area is 125 Å². The van der Waals surface area contributed by atoms with Crippen LogP contribution in [0.5, 0.6) is 0 Å². The van der Waals surface area contributed by atoms with Crippen molar-refractivity contribution in [3.8, 4) is 0 Å². The Hall–Kier alpha value is -1.34. The maximum atomic E-state index is 12.1. The number of hydrogen-bond donors (Lipinski definition) is 2. The third-order valence-electron chi connectivity index (χ3n) is 4.18. The summed E-state index contributed by atoms with van der Waals surface area (Å²) in [6.45, 7) is 5.70. The van der Waals surface area contributed by atoms with Crippen LogP contribution in [0.1, 0.15) is 19.3 Å². The van der Waals surface area contributed by atoms with Gasteiger partial charge < -0.3 is 20.1 Å². The standard InChI is InChI=1S/C14H25N3O4/c18-13(19)1-4-16-5-7-17(8-6-16)14(20)15-11-12-2-9-21-10-3-12/h12H,1-11H2,(H,15,20)(H,18,19). The van der Waals surface area contributed by atoms with Gasteiger partial charge in [0.15, 0.2) is 0 Å². The van der Waals surface area contributed by atoms with Crippen molar-refractivity contribution in [1.29, 1.82) is 0 Å². The van der Waals surface area contributed by atoms with Gasteiger partial charge in [-0.1, -0.05) is 0 Å². The zero-order chi connectivity index (χ0) is 15.1. The quantitative estimate of drug-likeness (QED) is 0.758. The predicted octanol–water partition coefficient (Wildman–Crippen LogP) is 0.215. The minimum atomic E-state index is -0.772. The lowest BCUT2D eigenvalue weighted by Gasteiger charge is -2.34. The van der Waals surface area contributed by atoms with E-state index >= 15 is 0 Å². The Kier molecular flexibility index (Phi) is 6.25. The predicted molar refractivity (Wildman–Crippen MR) is 77.2 cm³/mol. The second-order valence-corrected chi connectivity index (χ2v) is 5.71. The fourth-order valence-corrected chi connectivity index (χ4v) is 2.72. The van der Waals surface area contributed by atoms with E-state index in [4.69, 9.17) is 9.84 Å². The highest BCUT2D eigenvalue weighted by Gasteiger charge is 2.22. The lowest BCUT2D eigenvalue weighted by molar-refractivity contribution is -0.137. The Balaban J connectivity index is 1.62. The number of amides is 2. The molecule has 2 fully saturated rings. The van der Waals surface area contributed by atoms with Crippen molar-refractivity contribution < 1.29 is 19.4 Å². The Morgan fingerprint density at radius 3 is 2.43 bits per heavy atom. The second-order valence-electron chi connectivity index (χ2n) is 5.71. The van der Waals surface area contributed by atoms with E-state index in [0.29, 0.717) is 25.6 Å². The van der Waals surface area contributed by atoms with Gasteiger partial charge in [0.05, 0.1) is 6.42 Å². The molecule has 120 valence electrons. The molecule has 21 heavy (non-hydrogen) atoms. The maximum Gasteiger partial charge on any atom is 0.317 e. The van der Waals surface area contributed by atoms with Crippen LogP contribution in [0.2, 0.25) is 0 Å². The molecule has 2 rings (SSSR count). The third-order valence-corrected chi connectivity index (χ3v) is 4.18. The van der Waals surface area contributed by atoms with Gasteiger partial charge in [-0.25, -0.2) is 4.79 Å². The van der Waals surface area contributed by atoms with Crippen molar-refractivity contribution >= 4 is 12.0 Å². The van der Waals surface area contributed by atoms with Crippen molar-refractivity contribution in [2.75, 3.05) is 52.5 Å². The summed E-state index contributed by atoms with van der Waals surface area (Å²) in [5.74, 6) is -0.244. The van der Waals surface area contributed by atoms with E-state index in [1.54, 1.807) is 0 Å². The first kappa shape index (κ1) is 16.0. The van der Waals surface area contributed by atoms with Crippen LogP contribution in [-0.2, 0) is 9.53 Å². The topological polar surface area (TPSA) is 82.1 Å². The molecule has 0 bridgehead atoms. The van der Waals surface area contributed by atoms with Crippen molar-refractivity contribution in [3.63, 3.8) is 0 Å². The summed E-state index contributed by atoms with van der Waals surface area (Å²) in [7, 11) is 0. The average molecular weight is 299 g/mol. The number of nitrogens with one attached hydrogen (secondary N) is 1. The van der Waals surface area contributed by atoms with E-state index in [9.17, 15) is 9.59 Å². The van der Waals surface area contributed by atoms with Crippen molar-refractivity contribution in [1.82, 2.24) is 15.1 Å². The number of carboxylic acids is 1. The number of hydrogen-bond acceptors (Lipinski definition) is 4. The molecule has 0 spiro atoms. The number of urea groups is 1. The highest BCUT2D eigenvalue weighted by atomic mass is 16.5. The lowest BCUT2D eigenvalue weighted by atomic mass is 10.0. The summed E-state index contributed by atoms with van der Waals surface area (Å²) < 4.78 is 5.30. The summed E-state index contributed by atoms with van der Waals surface area (Å²) >= 11 is 0. The fraction of sp³-hybridized carbons (Fsp3) is 0.857. The first-order valence-corrected chi connectivity index (χ1v) is 7.70. The van der Waals surface area contributed by atoms with Gasteiger partial charge in [0.25, 0.3) is 0 Å². The van der Waals surface area contributed by atoms with E-state index in [1.807, 2.05) is 4.90 Å². The number of ether oxygens (including phenoxy) is 1. The summed E-state index contributed by atoms with van der Waals surface area (Å²) in [4.78, 5) is 26.5. The monoisotopic (exact) mass is 299 g/mol. The Morgan fingerprint density at radius 1 is 1.14 bits per heavy atom. The molecule has 2 aliphatic heterocycles. The molecule has 0 aromatic rings. The van der Waals surface area contributed by atoms with Gasteiger partial charge in [-0.3, -0.25) is 9.69 Å². The molecule has 0 aromatic heterocycles. The number of carbonyl (C=O) groups excluding carboxylic acids is 1. The van der Waals surface area contributed by atoms with Crippen LogP contribution in [-0.4, -0.2) is 79.4 Å². The largest absolute Gasteiger partial charge is 0.481 e. The zero-order valence-electron chi connectivity index (χ0n) is 12.4. The molecule has 0 aliphatic carbocycles. The highest BCUT2D eigenvalue weighted by Crippen LogP contribution is 2.13. The Morgan fingerprint density at radius 2 is 1.81 bits per heavy atom. The molecule has 2 aliphatic rings. The first-order valence-electron chi connectivity index (χ1n) is 7.70. The minimum absolute atomic E-state index is 0.000577. The molecule has 2 N–H and O–H groups in total. The number of rotatable bonds is 5. The van der Waals surface area contributed by atoms with Gasteiger partial charge in [0, 0.05) is 52.5 Å². The fourth-order valence-electron chi connectivity index (χ4n) is 2.72. The van der Waals surface area contributed by atoms with E-state index in [2.05, 4.69) is 10.2 Å². The maximum absolute atomic E-state index is 12.1. The van der Waals surface area contributed by atoms with Crippen LogP contribution in [0, 0.1) is 5.92 Å². The van der Waals surface area contributed by atoms with Gasteiger partial charge in [-0.05, 0) is 18.8 Å². The SMILES string of the molecule is O=C(O)CCN1CCN(C(=O)NCC2CCOCC2)CC1. The van der Waals surface area contributed by atoms with Crippen molar-refractivity contribution in [2.45, 2.75) is 19.3 Å². The highest BCUT2D eigenvalue weighted by molar-refractivity contribution is 5.74. The van der Waals surface area contributed by atoms with E-state index in [1.165, 1.54) is 0 Å². The average Bonchev–Trinajstić information content (AvgIpc) is 2.52. The number of carboxylic acid groups (broad SMARTS) is 1. The van der Waals surface area contributed by atoms with Crippen LogP contribution in [0.15, 0.2) is 0 Å². The van der Waals surface area contributed by atoms with Gasteiger partial charge in [0.1, 0.15) is 0 Å². The van der Waals surface area contributed by atoms with Crippen LogP contribution in [0.3, 0.4) is 0 Å². The van der Waals surface area contributed by atoms with Crippen LogP contribution >= 0.6 is 0 Å². The number of aliphatic carboxylic acids is 1. The zero-order valence-corrected chi connectivity index (χ0v) is 12.4. The van der Waals surface area contributed by atoms with Gasteiger partial charge in [-0.15, -0.1) is 0 Å². The molecule has 0 radical (unpaired) electrons. The normalized spacial score (nSPS) is 21.2. The van der Waals surface area contributed by atoms with Gasteiger partial charge >= 0.3 is 12.0 Å². The number of piperazine rings is 1. The molecule has 2 amide bonds. The molecule has 0 saturated carbocycles. The van der Waals surface area contributed by atoms with E-state index in [-0.39, 0.29) is 12.5 Å². The lowest BCUT2D eigenvalue weighted by Crippen LogP contribution is -2.52. The smallest absolute Gasteiger partial charge is 0.317 e. The second kappa shape index (κ2) is 8.19. The van der Waals surface area contributed by atoms with Crippen LogP contribution < -0.4 is 5.32 Å². The molecule has 0 unspecified atom stereocenters. The molecular weight excluding hydrogens is 274 g/mol. The van der Waals surface area contributed by atoms with Gasteiger partial charge in [-0.2, -0.15) is 0 Å². The number of nitrogens with zero attached hydrogens (tertiary/aromatic N) is 2. The van der Waals surface area contributed by atoms with E-state index in [0.717, 1.165) is 45.7 Å². The summed E-state index contributed by atoms with van der Waals surface area (Å²) in [5, 5.41) is 11.7. The summed E-state index contributed by atoms with van der Waals surface area (Å²) in [5.41, 5.74) is 0. The summed E-state index contributed by atoms with van der Waals surface area (Å²) in [6, 6.07) is -0.000577. The molecule has 7 heteroatoms. The molecule has 0 aromatic carbocycles.